The number of fused-ring (bicyclic) bond motifs is 1. The maximum absolute atomic E-state index is 13.3. The second-order valence-electron chi connectivity index (χ2n) is 12.1. The summed E-state index contributed by atoms with van der Waals surface area (Å²) in [5, 5.41) is 0. The van der Waals surface area contributed by atoms with Crippen LogP contribution < -0.4 is 9.64 Å². The van der Waals surface area contributed by atoms with Gasteiger partial charge in [0.2, 0.25) is 0 Å². The number of amides is 1. The number of ether oxygens (including phenoxy) is 3. The number of esters is 1. The van der Waals surface area contributed by atoms with Crippen LogP contribution in [0.15, 0.2) is 42.5 Å². The molecule has 1 amide bonds. The molecule has 6 rings (SSSR count). The Hall–Kier alpha value is -4.07. The first kappa shape index (κ1) is 29.0. The molecule has 8 heteroatoms. The number of aromatic nitrogens is 1. The molecule has 0 saturated carbocycles. The van der Waals surface area contributed by atoms with Crippen molar-refractivity contribution in [1.29, 1.82) is 0 Å². The van der Waals surface area contributed by atoms with Gasteiger partial charge in [0.15, 0.2) is 0 Å². The summed E-state index contributed by atoms with van der Waals surface area (Å²) >= 11 is 0. The number of hydrogen-bond acceptors (Lipinski definition) is 7. The second-order valence-corrected chi connectivity index (χ2v) is 12.1. The van der Waals surface area contributed by atoms with E-state index in [4.69, 9.17) is 19.2 Å². The average Bonchev–Trinajstić information content (AvgIpc) is 3.46. The molecule has 1 aliphatic carbocycles. The number of pyridine rings is 1. The molecule has 8 nitrogen and oxygen atoms in total. The third kappa shape index (κ3) is 5.67. The van der Waals surface area contributed by atoms with Crippen LogP contribution in [0, 0.1) is 13.8 Å². The molecular formula is C35H41N3O5. The molecule has 226 valence electrons. The summed E-state index contributed by atoms with van der Waals surface area (Å²) < 4.78 is 17.2. The van der Waals surface area contributed by atoms with E-state index in [0.717, 1.165) is 83.0 Å². The number of benzene rings is 2. The summed E-state index contributed by atoms with van der Waals surface area (Å²) in [6, 6.07) is 14.6. The minimum Gasteiger partial charge on any atom is -0.496 e. The van der Waals surface area contributed by atoms with Crippen molar-refractivity contribution in [2.75, 3.05) is 31.7 Å². The van der Waals surface area contributed by atoms with Crippen molar-refractivity contribution in [2.45, 2.75) is 78.0 Å². The van der Waals surface area contributed by atoms with E-state index in [1.807, 2.05) is 13.8 Å². The number of carbonyl (C=O) groups excluding carboxylic acids is 2. The quantitative estimate of drug-likeness (QED) is 0.261. The lowest BCUT2D eigenvalue weighted by atomic mass is 9.92. The fraction of sp³-hybridized carbons (Fsp3) is 0.457. The highest BCUT2D eigenvalue weighted by molar-refractivity contribution is 5.78. The number of rotatable bonds is 9. The van der Waals surface area contributed by atoms with Gasteiger partial charge in [-0.2, -0.15) is 0 Å². The van der Waals surface area contributed by atoms with Crippen molar-refractivity contribution in [2.24, 2.45) is 0 Å². The van der Waals surface area contributed by atoms with E-state index >= 15 is 0 Å². The summed E-state index contributed by atoms with van der Waals surface area (Å²) in [6.07, 6.45) is 2.61. The zero-order valence-electron chi connectivity index (χ0n) is 25.8. The van der Waals surface area contributed by atoms with Crippen molar-refractivity contribution in [3.8, 4) is 16.9 Å². The van der Waals surface area contributed by atoms with Crippen LogP contribution in [0.1, 0.15) is 78.6 Å². The van der Waals surface area contributed by atoms with E-state index < -0.39 is 0 Å². The van der Waals surface area contributed by atoms with Crippen LogP contribution in [-0.2, 0) is 27.2 Å². The van der Waals surface area contributed by atoms with Crippen LogP contribution in [0.4, 0.5) is 10.6 Å². The summed E-state index contributed by atoms with van der Waals surface area (Å²) in [4.78, 5) is 34.9. The van der Waals surface area contributed by atoms with Gasteiger partial charge in [-0.3, -0.25) is 9.69 Å². The maximum Gasteiger partial charge on any atom is 0.411 e. The number of cyclic esters (lactones) is 1. The van der Waals surface area contributed by atoms with Crippen molar-refractivity contribution < 1.29 is 23.8 Å². The molecule has 2 aliphatic heterocycles. The summed E-state index contributed by atoms with van der Waals surface area (Å²) in [5.74, 6) is 1.61. The Kier molecular flexibility index (Phi) is 8.03. The highest BCUT2D eigenvalue weighted by atomic mass is 16.6. The lowest BCUT2D eigenvalue weighted by Gasteiger charge is -2.33. The Morgan fingerprint density at radius 1 is 1.07 bits per heavy atom. The number of anilines is 1. The normalized spacial score (nSPS) is 21.0. The molecule has 0 bridgehead atoms. The first-order valence-corrected chi connectivity index (χ1v) is 15.4. The van der Waals surface area contributed by atoms with Crippen LogP contribution in [0.3, 0.4) is 0 Å². The third-order valence-electron chi connectivity index (χ3n) is 9.10. The van der Waals surface area contributed by atoms with Crippen molar-refractivity contribution >= 4 is 17.9 Å². The minimum atomic E-state index is -0.355. The first-order chi connectivity index (χ1) is 20.7. The highest BCUT2D eigenvalue weighted by Crippen LogP contribution is 2.44. The lowest BCUT2D eigenvalue weighted by molar-refractivity contribution is -0.143. The molecule has 3 aliphatic rings. The number of methoxy groups -OCH3 is 1. The highest BCUT2D eigenvalue weighted by Gasteiger charge is 2.40. The molecule has 0 spiro atoms. The van der Waals surface area contributed by atoms with Crippen molar-refractivity contribution in [3.63, 3.8) is 0 Å². The average molecular weight is 584 g/mol. The zero-order valence-corrected chi connectivity index (χ0v) is 25.8. The fourth-order valence-electron chi connectivity index (χ4n) is 6.81. The van der Waals surface area contributed by atoms with Crippen molar-refractivity contribution in [3.05, 3.63) is 76.0 Å². The second kappa shape index (κ2) is 11.9. The van der Waals surface area contributed by atoms with Crippen LogP contribution in [0.25, 0.3) is 11.1 Å². The Bertz CT molecular complexity index is 1530. The Labute approximate surface area is 254 Å². The van der Waals surface area contributed by atoms with Gasteiger partial charge in [-0.25, -0.2) is 9.78 Å². The van der Waals surface area contributed by atoms with Gasteiger partial charge in [0.1, 0.15) is 17.7 Å². The SMILES string of the molecule is CCOC(=O)CC1CCc2cc(OC)c(-c3ccc(N4CCC4)nc3CN3C(=O)OC(c4cc(C)cc(C)c4)C3C)cc21. The molecule has 1 aromatic heterocycles. The number of carbonyl (C=O) groups is 2. The van der Waals surface area contributed by atoms with E-state index in [9.17, 15) is 9.59 Å². The van der Waals surface area contributed by atoms with E-state index in [-0.39, 0.29) is 30.1 Å². The Balaban J connectivity index is 1.37. The summed E-state index contributed by atoms with van der Waals surface area (Å²) in [5.41, 5.74) is 8.30. The first-order valence-electron chi connectivity index (χ1n) is 15.4. The van der Waals surface area contributed by atoms with Gasteiger partial charge in [0, 0.05) is 24.2 Å². The van der Waals surface area contributed by atoms with Gasteiger partial charge in [0.25, 0.3) is 0 Å². The number of nitrogens with zero attached hydrogens (tertiary/aromatic N) is 3. The van der Waals surface area contributed by atoms with E-state index in [0.29, 0.717) is 19.6 Å². The third-order valence-corrected chi connectivity index (χ3v) is 9.10. The molecule has 0 N–H and O–H groups in total. The minimum absolute atomic E-state index is 0.0996. The lowest BCUT2D eigenvalue weighted by Crippen LogP contribution is -2.38. The standard InChI is InChI=1S/C35H41N3O5/c1-6-42-33(39)18-25-9-8-24-17-31(41-5)29(19-28(24)25)27-10-11-32(37-12-7-13-37)36-30(27)20-38-23(4)34(43-35(38)40)26-15-21(2)14-22(3)16-26/h10-11,14-17,19,23,25,34H,6-9,12-13,18,20H2,1-5H3. The van der Waals surface area contributed by atoms with Crippen molar-refractivity contribution in [1.82, 2.24) is 9.88 Å². The van der Waals surface area contributed by atoms with Gasteiger partial charge < -0.3 is 19.1 Å². The largest absolute Gasteiger partial charge is 0.496 e. The number of aryl methyl sites for hydroxylation is 3. The molecule has 2 fully saturated rings. The van der Waals surface area contributed by atoms with E-state index in [1.54, 1.807) is 12.0 Å². The Morgan fingerprint density at radius 3 is 2.51 bits per heavy atom. The number of hydrogen-bond donors (Lipinski definition) is 0. The fourth-order valence-corrected chi connectivity index (χ4v) is 6.81. The van der Waals surface area contributed by atoms with Gasteiger partial charge in [-0.05, 0) is 93.8 Å². The topological polar surface area (TPSA) is 81.2 Å². The van der Waals surface area contributed by atoms with Gasteiger partial charge >= 0.3 is 12.1 Å². The maximum atomic E-state index is 13.3. The van der Waals surface area contributed by atoms with E-state index in [1.165, 1.54) is 5.56 Å². The van der Waals surface area contributed by atoms with Gasteiger partial charge in [0.05, 0.1) is 38.4 Å². The van der Waals surface area contributed by atoms with Crippen LogP contribution in [0.5, 0.6) is 5.75 Å². The molecule has 3 heterocycles. The van der Waals surface area contributed by atoms with Crippen LogP contribution >= 0.6 is 0 Å². The predicted molar refractivity (Wildman–Crippen MR) is 166 cm³/mol. The smallest absolute Gasteiger partial charge is 0.411 e. The summed E-state index contributed by atoms with van der Waals surface area (Å²) in [7, 11) is 1.69. The van der Waals surface area contributed by atoms with Gasteiger partial charge in [-0.1, -0.05) is 29.3 Å². The molecule has 0 radical (unpaired) electrons. The monoisotopic (exact) mass is 583 g/mol. The predicted octanol–water partition coefficient (Wildman–Crippen LogP) is 6.65. The van der Waals surface area contributed by atoms with Gasteiger partial charge in [-0.15, -0.1) is 0 Å². The molecule has 3 unspecified atom stereocenters. The molecule has 3 atom stereocenters. The van der Waals surface area contributed by atoms with Crippen LogP contribution in [-0.4, -0.2) is 54.8 Å². The summed E-state index contributed by atoms with van der Waals surface area (Å²) in [6.45, 7) is 10.6. The molecule has 2 saturated heterocycles. The van der Waals surface area contributed by atoms with E-state index in [2.05, 4.69) is 61.2 Å². The Morgan fingerprint density at radius 2 is 1.84 bits per heavy atom. The zero-order chi connectivity index (χ0) is 30.2. The molecule has 43 heavy (non-hydrogen) atoms. The molecule has 3 aromatic rings. The van der Waals surface area contributed by atoms with Crippen LogP contribution in [0.2, 0.25) is 0 Å². The molecule has 2 aromatic carbocycles. The molecular weight excluding hydrogens is 542 g/mol.